The number of amides is 3. The molecule has 0 aliphatic carbocycles. The summed E-state index contributed by atoms with van der Waals surface area (Å²) in [6.07, 6.45) is 1.12. The van der Waals surface area contributed by atoms with Crippen LogP contribution in [0.3, 0.4) is 0 Å². The Morgan fingerprint density at radius 3 is 2.62 bits per heavy atom. The van der Waals surface area contributed by atoms with E-state index in [1.807, 2.05) is 0 Å². The molecular weight excluding hydrogens is 278 g/mol. The molecule has 8 nitrogen and oxygen atoms in total. The minimum absolute atomic E-state index is 0.142. The maximum Gasteiger partial charge on any atom is 0.326 e. The van der Waals surface area contributed by atoms with Crippen LogP contribution in [0.4, 0.5) is 4.79 Å². The normalized spacial score (nSPS) is 25.8. The van der Waals surface area contributed by atoms with E-state index >= 15 is 0 Å². The minimum Gasteiger partial charge on any atom is -0.480 e. The van der Waals surface area contributed by atoms with Gasteiger partial charge in [0.2, 0.25) is 5.91 Å². The van der Waals surface area contributed by atoms with Gasteiger partial charge in [0.25, 0.3) is 0 Å². The van der Waals surface area contributed by atoms with Crippen molar-refractivity contribution < 1.29 is 24.2 Å². The molecule has 8 heteroatoms. The molecule has 0 radical (unpaired) electrons. The van der Waals surface area contributed by atoms with Gasteiger partial charge in [0, 0.05) is 19.6 Å². The number of likely N-dealkylation sites (tertiary alicyclic amines) is 1. The quantitative estimate of drug-likeness (QED) is 0.731. The fraction of sp³-hybridized carbons (Fsp3) is 0.769. The number of urea groups is 1. The first-order valence-electron chi connectivity index (χ1n) is 7.21. The van der Waals surface area contributed by atoms with E-state index in [1.54, 1.807) is 6.92 Å². The number of carboxylic acid groups (broad SMARTS) is 1. The van der Waals surface area contributed by atoms with Crippen molar-refractivity contribution in [1.29, 1.82) is 0 Å². The molecule has 2 atom stereocenters. The summed E-state index contributed by atoms with van der Waals surface area (Å²) in [5.41, 5.74) is 0. The van der Waals surface area contributed by atoms with Gasteiger partial charge in [-0.1, -0.05) is 0 Å². The molecule has 0 aromatic carbocycles. The fourth-order valence-electron chi connectivity index (χ4n) is 2.76. The molecule has 2 saturated heterocycles. The summed E-state index contributed by atoms with van der Waals surface area (Å²) >= 11 is 0. The van der Waals surface area contributed by atoms with Crippen LogP contribution in [-0.4, -0.2) is 77.7 Å². The van der Waals surface area contributed by atoms with Crippen molar-refractivity contribution in [2.75, 3.05) is 32.8 Å². The van der Waals surface area contributed by atoms with Crippen LogP contribution in [0, 0.1) is 0 Å². The molecule has 21 heavy (non-hydrogen) atoms. The van der Waals surface area contributed by atoms with Crippen LogP contribution in [-0.2, 0) is 14.3 Å². The second-order valence-corrected chi connectivity index (χ2v) is 5.15. The highest BCUT2D eigenvalue weighted by Crippen LogP contribution is 2.21. The van der Waals surface area contributed by atoms with E-state index < -0.39 is 18.1 Å². The molecule has 0 bridgehead atoms. The summed E-state index contributed by atoms with van der Waals surface area (Å²) in [5.74, 6) is -1.26. The highest BCUT2D eigenvalue weighted by atomic mass is 16.5. The van der Waals surface area contributed by atoms with Gasteiger partial charge in [-0.05, 0) is 19.8 Å². The first kappa shape index (κ1) is 15.6. The molecule has 0 saturated carbocycles. The van der Waals surface area contributed by atoms with Crippen molar-refractivity contribution >= 4 is 17.9 Å². The summed E-state index contributed by atoms with van der Waals surface area (Å²) in [4.78, 5) is 38.6. The Morgan fingerprint density at radius 1 is 1.24 bits per heavy atom. The second-order valence-electron chi connectivity index (χ2n) is 5.15. The van der Waals surface area contributed by atoms with E-state index in [-0.39, 0.29) is 18.5 Å². The molecule has 2 fully saturated rings. The molecule has 2 N–H and O–H groups in total. The zero-order valence-electron chi connectivity index (χ0n) is 12.1. The zero-order chi connectivity index (χ0) is 15.4. The number of hydrogen-bond acceptors (Lipinski definition) is 4. The lowest BCUT2D eigenvalue weighted by atomic mass is 10.2. The van der Waals surface area contributed by atoms with Crippen LogP contribution in [0.5, 0.6) is 0 Å². The van der Waals surface area contributed by atoms with Crippen molar-refractivity contribution in [1.82, 2.24) is 15.1 Å². The maximum absolute atomic E-state index is 12.6. The van der Waals surface area contributed by atoms with Crippen LogP contribution in [0.15, 0.2) is 0 Å². The van der Waals surface area contributed by atoms with Gasteiger partial charge in [0.1, 0.15) is 12.1 Å². The lowest BCUT2D eigenvalue weighted by molar-refractivity contribution is -0.141. The van der Waals surface area contributed by atoms with Crippen molar-refractivity contribution in [3.8, 4) is 0 Å². The van der Waals surface area contributed by atoms with Gasteiger partial charge in [0.05, 0.1) is 13.2 Å². The molecule has 0 spiro atoms. The van der Waals surface area contributed by atoms with E-state index in [0.29, 0.717) is 39.1 Å². The van der Waals surface area contributed by atoms with Crippen molar-refractivity contribution in [2.45, 2.75) is 31.8 Å². The number of carbonyl (C=O) groups is 3. The average Bonchev–Trinajstić information content (AvgIpc) is 2.96. The zero-order valence-corrected chi connectivity index (χ0v) is 12.1. The Labute approximate surface area is 123 Å². The highest BCUT2D eigenvalue weighted by Gasteiger charge is 2.40. The standard InChI is InChI=1S/C13H21N3O5/c1-2-14-11(17)10-8-21-7-6-16(10)13(20)15-5-3-4-9(15)12(18)19/h9-10H,2-8H2,1H3,(H,14,17)(H,18,19). The summed E-state index contributed by atoms with van der Waals surface area (Å²) < 4.78 is 5.28. The van der Waals surface area contributed by atoms with Crippen molar-refractivity contribution in [3.05, 3.63) is 0 Å². The molecule has 2 rings (SSSR count). The predicted octanol–water partition coefficient (Wildman–Crippen LogP) is -0.508. The largest absolute Gasteiger partial charge is 0.480 e. The molecule has 118 valence electrons. The van der Waals surface area contributed by atoms with Gasteiger partial charge in [-0.25, -0.2) is 9.59 Å². The summed E-state index contributed by atoms with van der Waals surface area (Å²) in [5, 5.41) is 11.9. The monoisotopic (exact) mass is 299 g/mol. The second kappa shape index (κ2) is 6.75. The predicted molar refractivity (Wildman–Crippen MR) is 72.8 cm³/mol. The van der Waals surface area contributed by atoms with Crippen LogP contribution in [0.2, 0.25) is 0 Å². The number of aliphatic carboxylic acids is 1. The number of carbonyl (C=O) groups excluding carboxylic acids is 2. The van der Waals surface area contributed by atoms with Crippen LogP contribution < -0.4 is 5.32 Å². The van der Waals surface area contributed by atoms with E-state index in [4.69, 9.17) is 4.74 Å². The van der Waals surface area contributed by atoms with Crippen LogP contribution in [0.1, 0.15) is 19.8 Å². The van der Waals surface area contributed by atoms with Crippen molar-refractivity contribution in [3.63, 3.8) is 0 Å². The minimum atomic E-state index is -0.997. The Bertz CT molecular complexity index is 428. The molecule has 2 heterocycles. The summed E-state index contributed by atoms with van der Waals surface area (Å²) in [7, 11) is 0. The maximum atomic E-state index is 12.6. The first-order valence-corrected chi connectivity index (χ1v) is 7.21. The molecule has 2 aliphatic heterocycles. The SMILES string of the molecule is CCNC(=O)C1COCCN1C(=O)N1CCCC1C(=O)O. The molecule has 2 aliphatic rings. The fourth-order valence-corrected chi connectivity index (χ4v) is 2.76. The van der Waals surface area contributed by atoms with Gasteiger partial charge in [-0.15, -0.1) is 0 Å². The summed E-state index contributed by atoms with van der Waals surface area (Å²) in [6, 6.07) is -1.88. The van der Waals surface area contributed by atoms with E-state index in [0.717, 1.165) is 0 Å². The van der Waals surface area contributed by atoms with Gasteiger partial charge >= 0.3 is 12.0 Å². The number of carboxylic acids is 1. The molecule has 2 unspecified atom stereocenters. The Balaban J connectivity index is 2.11. The third-order valence-electron chi connectivity index (χ3n) is 3.81. The number of hydrogen-bond donors (Lipinski definition) is 2. The lowest BCUT2D eigenvalue weighted by Gasteiger charge is -2.37. The van der Waals surface area contributed by atoms with Gasteiger partial charge in [0.15, 0.2) is 0 Å². The number of nitrogens with zero attached hydrogens (tertiary/aromatic N) is 2. The Morgan fingerprint density at radius 2 is 1.95 bits per heavy atom. The van der Waals surface area contributed by atoms with E-state index in [1.165, 1.54) is 9.80 Å². The van der Waals surface area contributed by atoms with Crippen molar-refractivity contribution in [2.24, 2.45) is 0 Å². The van der Waals surface area contributed by atoms with Gasteiger partial charge in [-0.3, -0.25) is 4.79 Å². The Hall–Kier alpha value is -1.83. The number of ether oxygens (including phenoxy) is 1. The van der Waals surface area contributed by atoms with Gasteiger partial charge in [-0.2, -0.15) is 0 Å². The van der Waals surface area contributed by atoms with E-state index in [9.17, 15) is 19.5 Å². The molecule has 0 aromatic heterocycles. The number of rotatable bonds is 3. The van der Waals surface area contributed by atoms with Crippen LogP contribution >= 0.6 is 0 Å². The molecular formula is C13H21N3O5. The third-order valence-corrected chi connectivity index (χ3v) is 3.81. The lowest BCUT2D eigenvalue weighted by Crippen LogP contribution is -2.60. The smallest absolute Gasteiger partial charge is 0.326 e. The first-order chi connectivity index (χ1) is 10.1. The average molecular weight is 299 g/mol. The Kier molecular flexibility index (Phi) is 5.00. The number of morpholine rings is 1. The topological polar surface area (TPSA) is 99.2 Å². The van der Waals surface area contributed by atoms with Crippen LogP contribution in [0.25, 0.3) is 0 Å². The highest BCUT2D eigenvalue weighted by molar-refractivity contribution is 5.89. The number of nitrogens with one attached hydrogen (secondary N) is 1. The molecule has 0 aromatic rings. The number of likely N-dealkylation sites (N-methyl/N-ethyl adjacent to an activating group) is 1. The van der Waals surface area contributed by atoms with Gasteiger partial charge < -0.3 is 25.0 Å². The third kappa shape index (κ3) is 3.26. The van der Waals surface area contributed by atoms with E-state index in [2.05, 4.69) is 5.32 Å². The molecule has 3 amide bonds. The summed E-state index contributed by atoms with van der Waals surface area (Å²) in [6.45, 7) is 3.47.